The molecule has 0 amide bonds. The van der Waals surface area contributed by atoms with Crippen molar-refractivity contribution < 1.29 is 0 Å². The first-order valence-corrected chi connectivity index (χ1v) is 8.79. The lowest BCUT2D eigenvalue weighted by Crippen LogP contribution is -2.51. The second-order valence-electron chi connectivity index (χ2n) is 5.72. The highest BCUT2D eigenvalue weighted by atomic mass is 127. The number of nitrogens with zero attached hydrogens (tertiary/aromatic N) is 4. The molecule has 0 aliphatic carbocycles. The summed E-state index contributed by atoms with van der Waals surface area (Å²) in [5, 5.41) is 0.775. The highest BCUT2D eigenvalue weighted by Crippen LogP contribution is 2.19. The number of piperazine rings is 1. The van der Waals surface area contributed by atoms with Gasteiger partial charge in [-0.05, 0) is 37.4 Å². The molecule has 2 N–H and O–H groups in total. The Hall–Kier alpha value is -0.730. The van der Waals surface area contributed by atoms with E-state index in [1.807, 2.05) is 12.1 Å². The van der Waals surface area contributed by atoms with E-state index < -0.39 is 0 Å². The lowest BCUT2D eigenvalue weighted by molar-refractivity contribution is 0.311. The Bertz CT molecular complexity index is 496. The van der Waals surface area contributed by atoms with Crippen molar-refractivity contribution in [1.29, 1.82) is 0 Å². The van der Waals surface area contributed by atoms with Crippen LogP contribution in [0.1, 0.15) is 13.8 Å². The van der Waals surface area contributed by atoms with E-state index in [0.29, 0.717) is 5.96 Å². The molecule has 0 bridgehead atoms. The second-order valence-corrected chi connectivity index (χ2v) is 6.15. The third-order valence-corrected chi connectivity index (χ3v) is 4.63. The van der Waals surface area contributed by atoms with E-state index in [2.05, 4.69) is 45.7 Å². The molecule has 0 atom stereocenters. The fraction of sp³-hybridized carbons (Fsp3) is 0.588. The van der Waals surface area contributed by atoms with Crippen LogP contribution in [0.25, 0.3) is 0 Å². The molecular weight excluding hydrogens is 437 g/mol. The maximum absolute atomic E-state index is 6.14. The van der Waals surface area contributed by atoms with Crippen molar-refractivity contribution in [1.82, 2.24) is 9.80 Å². The minimum absolute atomic E-state index is 0. The van der Waals surface area contributed by atoms with E-state index in [0.717, 1.165) is 57.4 Å². The summed E-state index contributed by atoms with van der Waals surface area (Å²) >= 11 is 5.94. The normalized spacial score (nSPS) is 15.6. The number of guanidine groups is 1. The summed E-state index contributed by atoms with van der Waals surface area (Å²) in [6.45, 7) is 11.9. The Labute approximate surface area is 167 Å². The summed E-state index contributed by atoms with van der Waals surface area (Å²) in [7, 11) is 0. The Morgan fingerprint density at radius 2 is 1.71 bits per heavy atom. The quantitative estimate of drug-likeness (QED) is 0.399. The molecule has 1 aromatic rings. The number of likely N-dealkylation sites (N-methyl/N-ethyl adjacent to an activating group) is 1. The maximum Gasteiger partial charge on any atom is 0.191 e. The van der Waals surface area contributed by atoms with E-state index in [1.54, 1.807) is 0 Å². The van der Waals surface area contributed by atoms with Gasteiger partial charge >= 0.3 is 0 Å². The number of nitrogens with two attached hydrogens (primary N) is 1. The number of hydrogen-bond acceptors (Lipinski definition) is 3. The lowest BCUT2D eigenvalue weighted by Gasteiger charge is -2.36. The fourth-order valence-electron chi connectivity index (χ4n) is 2.79. The van der Waals surface area contributed by atoms with Crippen LogP contribution >= 0.6 is 35.6 Å². The first-order chi connectivity index (χ1) is 11.1. The van der Waals surface area contributed by atoms with E-state index in [4.69, 9.17) is 17.3 Å². The van der Waals surface area contributed by atoms with Gasteiger partial charge in [0.1, 0.15) is 0 Å². The van der Waals surface area contributed by atoms with Crippen molar-refractivity contribution in [3.63, 3.8) is 0 Å². The molecule has 0 radical (unpaired) electrons. The van der Waals surface area contributed by atoms with Crippen molar-refractivity contribution >= 4 is 47.2 Å². The Morgan fingerprint density at radius 1 is 1.12 bits per heavy atom. The zero-order valence-electron chi connectivity index (χ0n) is 14.6. The molecular formula is C17H29ClIN5. The fourth-order valence-corrected chi connectivity index (χ4v) is 2.92. The molecule has 1 fully saturated rings. The van der Waals surface area contributed by atoms with Crippen LogP contribution in [0.5, 0.6) is 0 Å². The number of anilines is 1. The molecule has 1 heterocycles. The van der Waals surface area contributed by atoms with Crippen LogP contribution in [0.2, 0.25) is 5.02 Å². The molecule has 0 aromatic heterocycles. The van der Waals surface area contributed by atoms with Gasteiger partial charge in [0.15, 0.2) is 5.96 Å². The van der Waals surface area contributed by atoms with Gasteiger partial charge in [0.25, 0.3) is 0 Å². The Balaban J connectivity index is 0.00000288. The van der Waals surface area contributed by atoms with Crippen molar-refractivity contribution in [2.75, 3.05) is 57.3 Å². The van der Waals surface area contributed by atoms with E-state index in [9.17, 15) is 0 Å². The van der Waals surface area contributed by atoms with Gasteiger partial charge in [-0.2, -0.15) is 0 Å². The van der Waals surface area contributed by atoms with Crippen molar-refractivity contribution in [2.45, 2.75) is 13.8 Å². The number of benzene rings is 1. The highest BCUT2D eigenvalue weighted by molar-refractivity contribution is 14.0. The monoisotopic (exact) mass is 465 g/mol. The van der Waals surface area contributed by atoms with Crippen LogP contribution in [0.15, 0.2) is 29.3 Å². The average Bonchev–Trinajstić information content (AvgIpc) is 2.59. The predicted octanol–water partition coefficient (Wildman–Crippen LogP) is 2.74. The van der Waals surface area contributed by atoms with Crippen molar-refractivity contribution in [2.24, 2.45) is 10.7 Å². The van der Waals surface area contributed by atoms with Gasteiger partial charge in [0.05, 0.1) is 6.54 Å². The van der Waals surface area contributed by atoms with Crippen LogP contribution in [0.4, 0.5) is 5.69 Å². The minimum atomic E-state index is 0. The van der Waals surface area contributed by atoms with Gasteiger partial charge in [0.2, 0.25) is 0 Å². The summed E-state index contributed by atoms with van der Waals surface area (Å²) < 4.78 is 0. The van der Waals surface area contributed by atoms with Gasteiger partial charge in [-0.15, -0.1) is 24.0 Å². The standard InChI is InChI=1S/C17H28ClN5.HI/c1-3-21(4-2)10-9-20-17(19)23-13-11-22(12-14-23)16-7-5-15(18)6-8-16;/h5-8H,3-4,9-14H2,1-2H3,(H2,19,20);1H. The van der Waals surface area contributed by atoms with Crippen LogP contribution < -0.4 is 10.6 Å². The van der Waals surface area contributed by atoms with Crippen molar-refractivity contribution in [3.8, 4) is 0 Å². The minimum Gasteiger partial charge on any atom is -0.370 e. The van der Waals surface area contributed by atoms with E-state index >= 15 is 0 Å². The zero-order chi connectivity index (χ0) is 16.7. The summed E-state index contributed by atoms with van der Waals surface area (Å²) in [4.78, 5) is 11.4. The molecule has 5 nitrogen and oxygen atoms in total. The zero-order valence-corrected chi connectivity index (χ0v) is 17.7. The first kappa shape index (κ1) is 21.3. The molecule has 136 valence electrons. The van der Waals surface area contributed by atoms with Gasteiger partial charge in [-0.3, -0.25) is 4.99 Å². The van der Waals surface area contributed by atoms with E-state index in [-0.39, 0.29) is 24.0 Å². The third kappa shape index (κ3) is 6.29. The summed E-state index contributed by atoms with van der Waals surface area (Å²) in [6, 6.07) is 8.01. The first-order valence-electron chi connectivity index (χ1n) is 8.41. The van der Waals surface area contributed by atoms with Crippen LogP contribution in [-0.2, 0) is 0 Å². The summed E-state index contributed by atoms with van der Waals surface area (Å²) in [6.07, 6.45) is 0. The molecule has 1 saturated heterocycles. The van der Waals surface area contributed by atoms with Gasteiger partial charge in [-0.1, -0.05) is 25.4 Å². The number of hydrogen-bond donors (Lipinski definition) is 1. The van der Waals surface area contributed by atoms with Gasteiger partial charge in [-0.25, -0.2) is 0 Å². The van der Waals surface area contributed by atoms with Crippen LogP contribution in [0.3, 0.4) is 0 Å². The summed E-state index contributed by atoms with van der Waals surface area (Å²) in [5.74, 6) is 0.674. The number of rotatable bonds is 6. The second kappa shape index (κ2) is 11.0. The third-order valence-electron chi connectivity index (χ3n) is 4.38. The predicted molar refractivity (Wildman–Crippen MR) is 115 cm³/mol. The SMILES string of the molecule is CCN(CC)CCN=C(N)N1CCN(c2ccc(Cl)cc2)CC1.I. The average molecular weight is 466 g/mol. The Kier molecular flexibility index (Phi) is 9.76. The smallest absolute Gasteiger partial charge is 0.191 e. The number of aliphatic imine (C=N–C) groups is 1. The Morgan fingerprint density at radius 3 is 2.25 bits per heavy atom. The maximum atomic E-state index is 6.14. The van der Waals surface area contributed by atoms with Crippen LogP contribution in [-0.4, -0.2) is 68.1 Å². The molecule has 0 spiro atoms. The molecule has 2 rings (SSSR count). The van der Waals surface area contributed by atoms with Crippen molar-refractivity contribution in [3.05, 3.63) is 29.3 Å². The van der Waals surface area contributed by atoms with Gasteiger partial charge < -0.3 is 20.4 Å². The highest BCUT2D eigenvalue weighted by Gasteiger charge is 2.18. The van der Waals surface area contributed by atoms with Gasteiger partial charge in [0, 0.05) is 43.4 Å². The topological polar surface area (TPSA) is 48.1 Å². The van der Waals surface area contributed by atoms with Crippen LogP contribution in [0, 0.1) is 0 Å². The molecule has 1 aliphatic heterocycles. The molecule has 0 unspecified atom stereocenters. The molecule has 24 heavy (non-hydrogen) atoms. The molecule has 7 heteroatoms. The molecule has 0 saturated carbocycles. The largest absolute Gasteiger partial charge is 0.370 e. The molecule has 1 aliphatic rings. The lowest BCUT2D eigenvalue weighted by atomic mass is 10.2. The summed E-state index contributed by atoms with van der Waals surface area (Å²) in [5.41, 5.74) is 7.36. The molecule has 1 aromatic carbocycles. The van der Waals surface area contributed by atoms with E-state index in [1.165, 1.54) is 5.69 Å². The number of halogens is 2.